The standard InChI is InChI=1S/C22H15F3N4O4/c23-22(24,25)33-16-8-6-15(7-9-16)28-19(30)13-32-21(31)17-12-27-29-18(10-11-26-20(17)29)14-4-2-1-3-5-14/h1-12H,13H2,(H,28,30). The van der Waals surface area contributed by atoms with Gasteiger partial charge in [-0.1, -0.05) is 30.3 Å². The maximum absolute atomic E-state index is 12.5. The minimum atomic E-state index is -4.81. The summed E-state index contributed by atoms with van der Waals surface area (Å²) >= 11 is 0. The molecule has 2 aromatic heterocycles. The van der Waals surface area contributed by atoms with Crippen molar-refractivity contribution in [1.29, 1.82) is 0 Å². The first-order chi connectivity index (χ1) is 15.8. The SMILES string of the molecule is O=C(COC(=O)c1cnn2c(-c3ccccc3)ccnc12)Nc1ccc(OC(F)(F)F)cc1. The van der Waals surface area contributed by atoms with Crippen molar-refractivity contribution in [2.75, 3.05) is 11.9 Å². The molecular weight excluding hydrogens is 441 g/mol. The maximum Gasteiger partial charge on any atom is 0.573 e. The number of halogens is 3. The smallest absolute Gasteiger partial charge is 0.452 e. The van der Waals surface area contributed by atoms with Crippen LogP contribution in [-0.2, 0) is 9.53 Å². The monoisotopic (exact) mass is 456 g/mol. The number of rotatable bonds is 6. The van der Waals surface area contributed by atoms with E-state index in [1.54, 1.807) is 6.07 Å². The first-order valence-corrected chi connectivity index (χ1v) is 9.51. The molecule has 8 nitrogen and oxygen atoms in total. The van der Waals surface area contributed by atoms with Gasteiger partial charge in [0.15, 0.2) is 12.3 Å². The molecule has 0 aliphatic carbocycles. The summed E-state index contributed by atoms with van der Waals surface area (Å²) in [4.78, 5) is 28.7. The molecule has 4 aromatic rings. The summed E-state index contributed by atoms with van der Waals surface area (Å²) in [5.74, 6) is -1.91. The van der Waals surface area contributed by atoms with Gasteiger partial charge in [-0.05, 0) is 30.3 Å². The molecule has 0 unspecified atom stereocenters. The van der Waals surface area contributed by atoms with Gasteiger partial charge in [-0.25, -0.2) is 14.3 Å². The van der Waals surface area contributed by atoms with Crippen LogP contribution in [0.4, 0.5) is 18.9 Å². The number of anilines is 1. The molecule has 0 atom stereocenters. The van der Waals surface area contributed by atoms with Crippen molar-refractivity contribution in [3.05, 3.63) is 78.6 Å². The lowest BCUT2D eigenvalue weighted by Crippen LogP contribution is -2.21. The van der Waals surface area contributed by atoms with Gasteiger partial charge in [0.2, 0.25) is 0 Å². The number of esters is 1. The molecule has 1 N–H and O–H groups in total. The minimum Gasteiger partial charge on any atom is -0.452 e. The minimum absolute atomic E-state index is 0.0780. The van der Waals surface area contributed by atoms with Gasteiger partial charge in [0.25, 0.3) is 5.91 Å². The molecule has 0 aliphatic heterocycles. The number of carbonyl (C=O) groups is 2. The number of ether oxygens (including phenoxy) is 2. The summed E-state index contributed by atoms with van der Waals surface area (Å²) in [5.41, 5.74) is 2.14. The lowest BCUT2D eigenvalue weighted by molar-refractivity contribution is -0.274. The molecule has 0 bridgehead atoms. The third-order valence-electron chi connectivity index (χ3n) is 4.40. The fourth-order valence-corrected chi connectivity index (χ4v) is 3.01. The zero-order valence-corrected chi connectivity index (χ0v) is 16.7. The first kappa shape index (κ1) is 21.8. The Bertz CT molecular complexity index is 1290. The van der Waals surface area contributed by atoms with Crippen LogP contribution in [0.15, 0.2) is 73.1 Å². The van der Waals surface area contributed by atoms with Gasteiger partial charge < -0.3 is 14.8 Å². The van der Waals surface area contributed by atoms with Crippen LogP contribution in [0.1, 0.15) is 10.4 Å². The molecule has 2 aromatic carbocycles. The summed E-state index contributed by atoms with van der Waals surface area (Å²) in [7, 11) is 0. The Balaban J connectivity index is 1.39. The van der Waals surface area contributed by atoms with E-state index in [1.165, 1.54) is 29.0 Å². The molecule has 0 aliphatic rings. The zero-order chi connectivity index (χ0) is 23.4. The number of nitrogens with one attached hydrogen (secondary N) is 1. The fraction of sp³-hybridized carbons (Fsp3) is 0.0909. The number of hydrogen-bond donors (Lipinski definition) is 1. The third kappa shape index (κ3) is 5.26. The van der Waals surface area contributed by atoms with E-state index in [2.05, 4.69) is 20.1 Å². The predicted molar refractivity (Wildman–Crippen MR) is 110 cm³/mol. The first-order valence-electron chi connectivity index (χ1n) is 9.51. The zero-order valence-electron chi connectivity index (χ0n) is 16.7. The summed E-state index contributed by atoms with van der Waals surface area (Å²) in [6.07, 6.45) is -1.98. The van der Waals surface area contributed by atoms with Crippen molar-refractivity contribution in [2.45, 2.75) is 6.36 Å². The topological polar surface area (TPSA) is 94.8 Å². The molecule has 33 heavy (non-hydrogen) atoms. The number of amides is 1. The van der Waals surface area contributed by atoms with Crippen LogP contribution in [0.2, 0.25) is 0 Å². The number of fused-ring (bicyclic) bond motifs is 1. The van der Waals surface area contributed by atoms with Crippen molar-refractivity contribution >= 4 is 23.2 Å². The Kier molecular flexibility index (Phi) is 5.94. The average molecular weight is 456 g/mol. The quantitative estimate of drug-likeness (QED) is 0.439. The molecule has 4 rings (SSSR count). The number of aromatic nitrogens is 3. The van der Waals surface area contributed by atoms with Crippen molar-refractivity contribution in [1.82, 2.24) is 14.6 Å². The molecule has 0 saturated carbocycles. The van der Waals surface area contributed by atoms with Crippen molar-refractivity contribution in [2.24, 2.45) is 0 Å². The van der Waals surface area contributed by atoms with Crippen molar-refractivity contribution < 1.29 is 32.2 Å². The van der Waals surface area contributed by atoms with Gasteiger partial charge in [-0.3, -0.25) is 4.79 Å². The molecule has 168 valence electrons. The highest BCUT2D eigenvalue weighted by atomic mass is 19.4. The fourth-order valence-electron chi connectivity index (χ4n) is 3.01. The summed E-state index contributed by atoms with van der Waals surface area (Å²) in [6, 6.07) is 15.7. The van der Waals surface area contributed by atoms with E-state index in [4.69, 9.17) is 4.74 Å². The van der Waals surface area contributed by atoms with E-state index in [0.717, 1.165) is 23.4 Å². The van der Waals surface area contributed by atoms with Crippen LogP contribution in [-0.4, -0.2) is 39.4 Å². The molecule has 0 saturated heterocycles. The van der Waals surface area contributed by atoms with E-state index in [9.17, 15) is 22.8 Å². The molecule has 0 spiro atoms. The van der Waals surface area contributed by atoms with Crippen LogP contribution in [0.3, 0.4) is 0 Å². The second-order valence-electron chi connectivity index (χ2n) is 6.69. The molecule has 2 heterocycles. The van der Waals surface area contributed by atoms with E-state index in [1.807, 2.05) is 30.3 Å². The Hall–Kier alpha value is -4.41. The normalized spacial score (nSPS) is 11.2. The van der Waals surface area contributed by atoms with Gasteiger partial charge in [-0.2, -0.15) is 5.10 Å². The maximum atomic E-state index is 12.5. The molecule has 11 heteroatoms. The molecule has 1 amide bonds. The van der Waals surface area contributed by atoms with Crippen LogP contribution in [0.5, 0.6) is 5.75 Å². The lowest BCUT2D eigenvalue weighted by Gasteiger charge is -2.10. The number of benzene rings is 2. The Morgan fingerprint density at radius 1 is 1.00 bits per heavy atom. The predicted octanol–water partition coefficient (Wildman–Crippen LogP) is 4.09. The van der Waals surface area contributed by atoms with Crippen LogP contribution in [0, 0.1) is 0 Å². The Morgan fingerprint density at radius 2 is 1.73 bits per heavy atom. The van der Waals surface area contributed by atoms with Gasteiger partial charge in [0.1, 0.15) is 11.3 Å². The average Bonchev–Trinajstić information content (AvgIpc) is 3.23. The Labute approximate surface area is 184 Å². The largest absolute Gasteiger partial charge is 0.573 e. The van der Waals surface area contributed by atoms with Gasteiger partial charge in [0, 0.05) is 17.4 Å². The molecule has 0 fully saturated rings. The van der Waals surface area contributed by atoms with E-state index in [-0.39, 0.29) is 16.9 Å². The number of alkyl halides is 3. The number of hydrogen-bond acceptors (Lipinski definition) is 6. The van der Waals surface area contributed by atoms with Crippen LogP contribution < -0.4 is 10.1 Å². The van der Waals surface area contributed by atoms with Crippen LogP contribution in [0.25, 0.3) is 16.9 Å². The summed E-state index contributed by atoms with van der Waals surface area (Å²) in [5, 5.41) is 6.62. The van der Waals surface area contributed by atoms with Gasteiger partial charge in [0.05, 0.1) is 11.9 Å². The Morgan fingerprint density at radius 3 is 2.42 bits per heavy atom. The van der Waals surface area contributed by atoms with Crippen LogP contribution >= 0.6 is 0 Å². The van der Waals surface area contributed by atoms with E-state index in [0.29, 0.717) is 0 Å². The van der Waals surface area contributed by atoms with E-state index < -0.39 is 30.6 Å². The highest BCUT2D eigenvalue weighted by Gasteiger charge is 2.31. The number of nitrogens with zero attached hydrogens (tertiary/aromatic N) is 3. The second-order valence-corrected chi connectivity index (χ2v) is 6.69. The van der Waals surface area contributed by atoms with Gasteiger partial charge >= 0.3 is 12.3 Å². The van der Waals surface area contributed by atoms with Crippen molar-refractivity contribution in [3.63, 3.8) is 0 Å². The summed E-state index contributed by atoms with van der Waals surface area (Å²) in [6.45, 7) is -0.616. The highest BCUT2D eigenvalue weighted by molar-refractivity contribution is 5.98. The second kappa shape index (κ2) is 8.99. The van der Waals surface area contributed by atoms with E-state index >= 15 is 0 Å². The lowest BCUT2D eigenvalue weighted by atomic mass is 10.1. The van der Waals surface area contributed by atoms with Crippen molar-refractivity contribution in [3.8, 4) is 17.0 Å². The van der Waals surface area contributed by atoms with Gasteiger partial charge in [-0.15, -0.1) is 13.2 Å². The summed E-state index contributed by atoms with van der Waals surface area (Å²) < 4.78 is 46.9. The highest BCUT2D eigenvalue weighted by Crippen LogP contribution is 2.24. The third-order valence-corrected chi connectivity index (χ3v) is 4.40. The molecule has 0 radical (unpaired) electrons. The number of carbonyl (C=O) groups excluding carboxylic acids is 2. The molecular formula is C22H15F3N4O4.